The molecule has 3 aliphatic rings. The summed E-state index contributed by atoms with van der Waals surface area (Å²) in [6.45, 7) is -0.0661. The van der Waals surface area contributed by atoms with Gasteiger partial charge in [-0.25, -0.2) is 0 Å². The van der Waals surface area contributed by atoms with Crippen molar-refractivity contribution in [3.8, 4) is 55.9 Å². The standard InChI is InChI=1S/C68H40BN3/c1-3-15-41(16-4-1)43-29-33-47(34-30-43)70-58-35-32-45(42-17-5-2-6-18-42)37-55(58)69-56-38-46-20-13-25-52-50-22-9-10-23-51(50)53-26-14-28-59-65(53)66(63(46)52)68(56)72(59)62-40-48(39-61(70)67(62)69)71-57-27-12-11-24-54(57)64-49-21-8-7-19-44(49)31-36-60(64)71/h1-40H. The first-order chi connectivity index (χ1) is 35.7. The SMILES string of the molecule is c1ccc(-c2ccc(N3c4ccc(-c5ccccc5)cc4B4c5c3cc(-n3c6ccccc6c6c7ccccc7ccc63)cc5-n3c5cccc6c5c5c7c(cccc7cc4c53)-c3ccccc3-6)cc2)cc1. The Bertz CT molecular complexity index is 4680. The predicted octanol–water partition coefficient (Wildman–Crippen LogP) is 15.8. The monoisotopic (exact) mass is 909 g/mol. The van der Waals surface area contributed by atoms with Crippen LogP contribution in [0, 0.1) is 0 Å². The molecule has 17 rings (SSSR count). The number of nitrogens with zero attached hydrogens (tertiary/aromatic N) is 3. The number of anilines is 3. The molecule has 3 nitrogen and oxygen atoms in total. The van der Waals surface area contributed by atoms with Gasteiger partial charge in [0.2, 0.25) is 0 Å². The molecule has 330 valence electrons. The fourth-order valence-electron chi connectivity index (χ4n) is 13.5. The van der Waals surface area contributed by atoms with Gasteiger partial charge in [-0.15, -0.1) is 0 Å². The van der Waals surface area contributed by atoms with Crippen LogP contribution in [0.3, 0.4) is 0 Å². The lowest BCUT2D eigenvalue weighted by atomic mass is 9.33. The highest BCUT2D eigenvalue weighted by Gasteiger charge is 2.44. The summed E-state index contributed by atoms with van der Waals surface area (Å²) < 4.78 is 5.20. The first-order valence-electron chi connectivity index (χ1n) is 25.1. The minimum absolute atomic E-state index is 0.0661. The molecule has 0 amide bonds. The summed E-state index contributed by atoms with van der Waals surface area (Å²) in [5, 5.41) is 10.3. The van der Waals surface area contributed by atoms with Crippen molar-refractivity contribution in [3.63, 3.8) is 0 Å². The van der Waals surface area contributed by atoms with E-state index in [2.05, 4.69) is 257 Å². The fourth-order valence-corrected chi connectivity index (χ4v) is 13.5. The van der Waals surface area contributed by atoms with Gasteiger partial charge in [0.1, 0.15) is 0 Å². The van der Waals surface area contributed by atoms with E-state index in [-0.39, 0.29) is 6.71 Å². The van der Waals surface area contributed by atoms with E-state index < -0.39 is 0 Å². The maximum atomic E-state index is 2.67. The zero-order valence-electron chi connectivity index (χ0n) is 39.0. The van der Waals surface area contributed by atoms with Crippen molar-refractivity contribution in [2.24, 2.45) is 0 Å². The summed E-state index contributed by atoms with van der Waals surface area (Å²) in [4.78, 5) is 2.57. The molecule has 0 bridgehead atoms. The van der Waals surface area contributed by atoms with Gasteiger partial charge in [-0.3, -0.25) is 0 Å². The number of aromatic nitrogens is 2. The van der Waals surface area contributed by atoms with Gasteiger partial charge in [0.05, 0.1) is 27.8 Å². The van der Waals surface area contributed by atoms with Gasteiger partial charge >= 0.3 is 0 Å². The zero-order chi connectivity index (χ0) is 46.8. The lowest BCUT2D eigenvalue weighted by Crippen LogP contribution is -2.60. The van der Waals surface area contributed by atoms with Crippen molar-refractivity contribution >= 4 is 105 Å². The van der Waals surface area contributed by atoms with Gasteiger partial charge in [-0.2, -0.15) is 0 Å². The quantitative estimate of drug-likeness (QED) is 0.160. The summed E-state index contributed by atoms with van der Waals surface area (Å²) in [5.41, 5.74) is 24.7. The molecule has 1 aliphatic carbocycles. The second kappa shape index (κ2) is 14.1. The number of fused-ring (bicyclic) bond motifs is 13. The average molecular weight is 910 g/mol. The molecule has 0 N–H and O–H groups in total. The molecule has 0 saturated heterocycles. The Labute approximate surface area is 415 Å². The van der Waals surface area contributed by atoms with Crippen molar-refractivity contribution in [3.05, 3.63) is 243 Å². The summed E-state index contributed by atoms with van der Waals surface area (Å²) in [5.74, 6) is 0. The molecular weight excluding hydrogens is 870 g/mol. The molecular formula is C68H40BN3. The van der Waals surface area contributed by atoms with Crippen LogP contribution < -0.4 is 21.3 Å². The first-order valence-corrected chi connectivity index (χ1v) is 25.1. The second-order valence-electron chi connectivity index (χ2n) is 19.9. The van der Waals surface area contributed by atoms with Gasteiger partial charge in [0.25, 0.3) is 6.71 Å². The minimum Gasteiger partial charge on any atom is -0.311 e. The smallest absolute Gasteiger partial charge is 0.252 e. The van der Waals surface area contributed by atoms with E-state index in [9.17, 15) is 0 Å². The molecule has 4 heterocycles. The van der Waals surface area contributed by atoms with Crippen LogP contribution >= 0.6 is 0 Å². The average Bonchev–Trinajstić information content (AvgIpc) is 3.95. The van der Waals surface area contributed by atoms with E-state index in [1.54, 1.807) is 0 Å². The van der Waals surface area contributed by atoms with Crippen LogP contribution in [-0.4, -0.2) is 15.8 Å². The van der Waals surface area contributed by atoms with E-state index in [0.717, 1.165) is 11.4 Å². The fraction of sp³-hybridized carbons (Fsp3) is 0. The molecule has 2 aliphatic heterocycles. The molecule has 0 radical (unpaired) electrons. The van der Waals surface area contributed by atoms with Crippen molar-refractivity contribution in [1.82, 2.24) is 9.13 Å². The number of rotatable bonds is 4. The van der Waals surface area contributed by atoms with Gasteiger partial charge in [-0.1, -0.05) is 194 Å². The predicted molar refractivity (Wildman–Crippen MR) is 305 cm³/mol. The Morgan fingerprint density at radius 2 is 0.889 bits per heavy atom. The minimum atomic E-state index is -0.0661. The molecule has 0 spiro atoms. The first kappa shape index (κ1) is 38.5. The lowest BCUT2D eigenvalue weighted by Gasteiger charge is -2.41. The second-order valence-corrected chi connectivity index (χ2v) is 19.9. The third kappa shape index (κ3) is 5.00. The molecule has 0 saturated carbocycles. The molecule has 14 aromatic rings. The molecule has 4 heteroatoms. The van der Waals surface area contributed by atoms with Crippen LogP contribution in [0.25, 0.3) is 121 Å². The summed E-state index contributed by atoms with van der Waals surface area (Å²) in [6.07, 6.45) is 0. The molecule has 0 fully saturated rings. The molecule has 0 atom stereocenters. The van der Waals surface area contributed by atoms with E-state index in [1.165, 1.54) is 143 Å². The van der Waals surface area contributed by atoms with Gasteiger partial charge in [0, 0.05) is 44.3 Å². The Hall–Kier alpha value is -9.38. The van der Waals surface area contributed by atoms with Crippen LogP contribution in [0.4, 0.5) is 17.1 Å². The maximum absolute atomic E-state index is 2.67. The normalized spacial score (nSPS) is 12.9. The maximum Gasteiger partial charge on any atom is 0.252 e. The van der Waals surface area contributed by atoms with Crippen molar-refractivity contribution < 1.29 is 0 Å². The summed E-state index contributed by atoms with van der Waals surface area (Å²) in [7, 11) is 0. The van der Waals surface area contributed by atoms with Crippen LogP contribution in [0.15, 0.2) is 243 Å². The van der Waals surface area contributed by atoms with E-state index >= 15 is 0 Å². The Kier molecular flexibility index (Phi) is 7.55. The molecule has 2 aromatic heterocycles. The third-order valence-corrected chi connectivity index (χ3v) is 16.4. The highest BCUT2D eigenvalue weighted by atomic mass is 15.2. The van der Waals surface area contributed by atoms with Crippen LogP contribution in [0.2, 0.25) is 0 Å². The Morgan fingerprint density at radius 3 is 1.69 bits per heavy atom. The summed E-state index contributed by atoms with van der Waals surface area (Å²) >= 11 is 0. The molecule has 12 aromatic carbocycles. The van der Waals surface area contributed by atoms with E-state index in [4.69, 9.17) is 0 Å². The van der Waals surface area contributed by atoms with Crippen molar-refractivity contribution in [1.29, 1.82) is 0 Å². The highest BCUT2D eigenvalue weighted by Crippen LogP contribution is 2.52. The van der Waals surface area contributed by atoms with Crippen LogP contribution in [0.1, 0.15) is 0 Å². The lowest BCUT2D eigenvalue weighted by molar-refractivity contribution is 1.13. The topological polar surface area (TPSA) is 13.1 Å². The third-order valence-electron chi connectivity index (χ3n) is 16.4. The van der Waals surface area contributed by atoms with Crippen molar-refractivity contribution in [2.45, 2.75) is 0 Å². The van der Waals surface area contributed by atoms with Gasteiger partial charge in [0.15, 0.2) is 0 Å². The molecule has 72 heavy (non-hydrogen) atoms. The zero-order valence-corrected chi connectivity index (χ0v) is 39.0. The van der Waals surface area contributed by atoms with Crippen LogP contribution in [0.5, 0.6) is 0 Å². The Balaban J connectivity index is 1.06. The number of para-hydroxylation sites is 1. The van der Waals surface area contributed by atoms with Crippen molar-refractivity contribution in [2.75, 3.05) is 4.90 Å². The van der Waals surface area contributed by atoms with Gasteiger partial charge < -0.3 is 14.0 Å². The van der Waals surface area contributed by atoms with E-state index in [0.29, 0.717) is 0 Å². The number of benzene rings is 12. The Morgan fingerprint density at radius 1 is 0.292 bits per heavy atom. The number of hydrogen-bond donors (Lipinski definition) is 0. The van der Waals surface area contributed by atoms with E-state index in [1.807, 2.05) is 0 Å². The van der Waals surface area contributed by atoms with Gasteiger partial charge in [-0.05, 0) is 131 Å². The molecule has 0 unspecified atom stereocenters. The largest absolute Gasteiger partial charge is 0.311 e. The van der Waals surface area contributed by atoms with Crippen LogP contribution in [-0.2, 0) is 0 Å². The highest BCUT2D eigenvalue weighted by molar-refractivity contribution is 7.00. The number of hydrogen-bond acceptors (Lipinski definition) is 1. The summed E-state index contributed by atoms with van der Waals surface area (Å²) in [6, 6.07) is 91.2.